The topological polar surface area (TPSA) is 0 Å². The van der Waals surface area contributed by atoms with Crippen molar-refractivity contribution >= 4 is 11.6 Å². The molecule has 0 spiro atoms. The molecule has 0 saturated carbocycles. The van der Waals surface area contributed by atoms with Crippen LogP contribution in [0, 0.1) is 0 Å². The number of halogens is 1. The Morgan fingerprint density at radius 3 is 3.14 bits per heavy atom. The molecule has 0 aliphatic heterocycles. The van der Waals surface area contributed by atoms with Crippen LogP contribution < -0.4 is 0 Å². The molecule has 0 unspecified atom stereocenters. The minimum atomic E-state index is -0.246. The van der Waals surface area contributed by atoms with Gasteiger partial charge in [0.05, 0.1) is 5.48 Å². The van der Waals surface area contributed by atoms with Crippen molar-refractivity contribution in [2.24, 2.45) is 0 Å². The van der Waals surface area contributed by atoms with Crippen LogP contribution in [-0.2, 0) is 0 Å². The van der Waals surface area contributed by atoms with Crippen LogP contribution in [0.15, 0.2) is 30.2 Å². The summed E-state index contributed by atoms with van der Waals surface area (Å²) in [6, 6.07) is 0.472. The smallest absolute Gasteiger partial charge is 0.0638 e. The molecule has 0 aliphatic rings. The van der Waals surface area contributed by atoms with E-state index < -0.39 is 0 Å². The largest absolute Gasteiger partial charge is 0.0843 e. The number of rotatable bonds is 0. The van der Waals surface area contributed by atoms with Crippen molar-refractivity contribution < 1.29 is 5.48 Å². The number of hydrogen-bond acceptors (Lipinski definition) is 0. The molecule has 0 nitrogen and oxygen atoms in total. The summed E-state index contributed by atoms with van der Waals surface area (Å²) >= 11 is 5.48. The molecule has 0 aliphatic carbocycles. The van der Waals surface area contributed by atoms with Crippen LogP contribution in [0.3, 0.4) is 0 Å². The zero-order valence-corrected chi connectivity index (χ0v) is 4.21. The fourth-order valence-corrected chi connectivity index (χ4v) is 0.364. The molecule has 0 aromatic heterocycles. The SMILES string of the molecule is [2H]c1cc([2H])c(Cl)c([2H])c1[2H]. The van der Waals surface area contributed by atoms with E-state index in [1.54, 1.807) is 0 Å². The lowest BCUT2D eigenvalue weighted by atomic mass is 10.4. The molecule has 1 aromatic rings. The maximum Gasteiger partial charge on any atom is 0.0638 e. The molecule has 1 aromatic carbocycles. The predicted octanol–water partition coefficient (Wildman–Crippen LogP) is 2.34. The molecule has 7 heavy (non-hydrogen) atoms. The van der Waals surface area contributed by atoms with Gasteiger partial charge < -0.3 is 0 Å². The van der Waals surface area contributed by atoms with Gasteiger partial charge in [-0.25, -0.2) is 0 Å². The van der Waals surface area contributed by atoms with Gasteiger partial charge in [0.1, 0.15) is 0 Å². The summed E-state index contributed by atoms with van der Waals surface area (Å²) in [4.78, 5) is 0. The van der Waals surface area contributed by atoms with E-state index in [1.165, 1.54) is 0 Å². The molecule has 0 saturated heterocycles. The van der Waals surface area contributed by atoms with Crippen LogP contribution in [0.4, 0.5) is 0 Å². The van der Waals surface area contributed by atoms with E-state index in [9.17, 15) is 0 Å². The first-order valence-corrected chi connectivity index (χ1v) is 2.14. The predicted molar refractivity (Wildman–Crippen MR) is 31.5 cm³/mol. The lowest BCUT2D eigenvalue weighted by Gasteiger charge is -1.80. The Labute approximate surface area is 53.4 Å². The van der Waals surface area contributed by atoms with Gasteiger partial charge in [-0.3, -0.25) is 0 Å². The quantitative estimate of drug-likeness (QED) is 0.488. The monoisotopic (exact) mass is 116 g/mol. The molecule has 36 valence electrons. The number of hydrogen-bond donors (Lipinski definition) is 0. The van der Waals surface area contributed by atoms with Crippen LogP contribution in [0.25, 0.3) is 0 Å². The molecule has 0 radical (unpaired) electrons. The Bertz CT molecular complexity index is 271. The van der Waals surface area contributed by atoms with Gasteiger partial charge in [0, 0.05) is 5.02 Å². The zero-order chi connectivity index (χ0) is 8.59. The second kappa shape index (κ2) is 1.99. The van der Waals surface area contributed by atoms with Crippen molar-refractivity contribution in [3.63, 3.8) is 0 Å². The average Bonchev–Trinajstić information content (AvgIpc) is 1.97. The Balaban J connectivity index is 3.46. The van der Waals surface area contributed by atoms with Crippen molar-refractivity contribution in [3.05, 3.63) is 35.3 Å². The first-order valence-electron chi connectivity index (χ1n) is 3.77. The summed E-state index contributed by atoms with van der Waals surface area (Å²) in [6.45, 7) is 0. The zero-order valence-electron chi connectivity index (χ0n) is 7.46. The van der Waals surface area contributed by atoms with Gasteiger partial charge in [0.2, 0.25) is 0 Å². The molecule has 0 heterocycles. The van der Waals surface area contributed by atoms with Gasteiger partial charge in [0.15, 0.2) is 0 Å². The number of benzene rings is 1. The van der Waals surface area contributed by atoms with Crippen molar-refractivity contribution in [1.29, 1.82) is 0 Å². The van der Waals surface area contributed by atoms with Crippen LogP contribution in [-0.4, -0.2) is 0 Å². The highest BCUT2D eigenvalue weighted by molar-refractivity contribution is 6.30. The van der Waals surface area contributed by atoms with E-state index in [4.69, 9.17) is 17.1 Å². The molecule has 0 atom stereocenters. The molecular weight excluding hydrogens is 108 g/mol. The molecule has 1 heteroatoms. The summed E-state index contributed by atoms with van der Waals surface area (Å²) in [7, 11) is 0. The minimum absolute atomic E-state index is 0.0639. The molecule has 0 amide bonds. The standard InChI is InChI=1S/C6H5Cl/c7-6-4-2-1-3-5-6/h1-5H/i1D,2D,4D,5D. The van der Waals surface area contributed by atoms with Crippen LogP contribution in [0.5, 0.6) is 0 Å². The first-order chi connectivity index (χ1) is 5.04. The van der Waals surface area contributed by atoms with Gasteiger partial charge in [-0.15, -0.1) is 0 Å². The lowest BCUT2D eigenvalue weighted by Crippen LogP contribution is -1.55. The lowest BCUT2D eigenvalue weighted by molar-refractivity contribution is 1.71. The van der Waals surface area contributed by atoms with E-state index in [-0.39, 0.29) is 29.2 Å². The van der Waals surface area contributed by atoms with Crippen LogP contribution in [0.1, 0.15) is 5.48 Å². The van der Waals surface area contributed by atoms with Gasteiger partial charge in [-0.2, -0.15) is 0 Å². The fourth-order valence-electron chi connectivity index (χ4n) is 0.263. The van der Waals surface area contributed by atoms with Gasteiger partial charge in [-0.05, 0) is 12.1 Å². The summed E-state index contributed by atoms with van der Waals surface area (Å²) < 4.78 is 28.6. The average molecular weight is 117 g/mol. The van der Waals surface area contributed by atoms with Crippen molar-refractivity contribution in [2.75, 3.05) is 0 Å². The Morgan fingerprint density at radius 2 is 2.29 bits per heavy atom. The van der Waals surface area contributed by atoms with E-state index in [0.717, 1.165) is 6.07 Å². The van der Waals surface area contributed by atoms with Gasteiger partial charge >= 0.3 is 0 Å². The van der Waals surface area contributed by atoms with Gasteiger partial charge in [0.25, 0.3) is 0 Å². The van der Waals surface area contributed by atoms with Crippen LogP contribution in [0.2, 0.25) is 5.02 Å². The first kappa shape index (κ1) is 1.79. The van der Waals surface area contributed by atoms with Gasteiger partial charge in [-0.1, -0.05) is 29.8 Å². The summed E-state index contributed by atoms with van der Waals surface area (Å²) in [5, 5.41) is -0.0639. The third-order valence-electron chi connectivity index (χ3n) is 0.515. The van der Waals surface area contributed by atoms with E-state index >= 15 is 0 Å². The Morgan fingerprint density at radius 1 is 1.43 bits per heavy atom. The Kier molecular flexibility index (Phi) is 0.508. The third kappa shape index (κ3) is 1.20. The minimum Gasteiger partial charge on any atom is -0.0843 e. The second-order valence-corrected chi connectivity index (χ2v) is 1.37. The highest BCUT2D eigenvalue weighted by atomic mass is 35.5. The maximum atomic E-state index is 7.17. The third-order valence-corrected chi connectivity index (χ3v) is 0.719. The normalized spacial score (nSPS) is 16.7. The summed E-state index contributed by atoms with van der Waals surface area (Å²) in [5.41, 5.74) is 0. The maximum absolute atomic E-state index is 7.17. The molecule has 0 bridgehead atoms. The molecule has 0 fully saturated rings. The van der Waals surface area contributed by atoms with Crippen molar-refractivity contribution in [1.82, 2.24) is 0 Å². The summed E-state index contributed by atoms with van der Waals surface area (Å²) in [5.74, 6) is 0. The summed E-state index contributed by atoms with van der Waals surface area (Å²) in [6.07, 6.45) is 0. The van der Waals surface area contributed by atoms with E-state index in [0.29, 0.717) is 0 Å². The Hall–Kier alpha value is -0.490. The molecule has 1 rings (SSSR count). The van der Waals surface area contributed by atoms with E-state index in [1.807, 2.05) is 0 Å². The second-order valence-electron chi connectivity index (χ2n) is 0.997. The van der Waals surface area contributed by atoms with Crippen LogP contribution >= 0.6 is 11.6 Å². The van der Waals surface area contributed by atoms with E-state index in [2.05, 4.69) is 0 Å². The highest BCUT2D eigenvalue weighted by Gasteiger charge is 1.74. The highest BCUT2D eigenvalue weighted by Crippen LogP contribution is 2.03. The van der Waals surface area contributed by atoms with Crippen molar-refractivity contribution in [3.8, 4) is 0 Å². The van der Waals surface area contributed by atoms with Crippen molar-refractivity contribution in [2.45, 2.75) is 0 Å². The molecule has 0 N–H and O–H groups in total. The fraction of sp³-hybridized carbons (Fsp3) is 0. The molecular formula is C6H5Cl.